The monoisotopic (exact) mass is 388 g/mol. The summed E-state index contributed by atoms with van der Waals surface area (Å²) in [6.07, 6.45) is 0. The molecule has 0 aliphatic carbocycles. The number of aryl methyl sites for hydroxylation is 1. The van der Waals surface area contributed by atoms with Crippen LogP contribution in [0.2, 0.25) is 0 Å². The van der Waals surface area contributed by atoms with E-state index in [0.29, 0.717) is 4.88 Å². The van der Waals surface area contributed by atoms with E-state index in [2.05, 4.69) is 20.8 Å². The zero-order chi connectivity index (χ0) is 18.4. The van der Waals surface area contributed by atoms with Crippen LogP contribution in [0.15, 0.2) is 51.4 Å². The first kappa shape index (κ1) is 18.2. The Hall–Kier alpha value is -2.65. The van der Waals surface area contributed by atoms with Crippen molar-refractivity contribution in [3.63, 3.8) is 0 Å². The molecule has 2 heterocycles. The summed E-state index contributed by atoms with van der Waals surface area (Å²) in [7, 11) is 0. The van der Waals surface area contributed by atoms with Crippen molar-refractivity contribution in [1.29, 1.82) is 0 Å². The summed E-state index contributed by atoms with van der Waals surface area (Å²) in [4.78, 5) is 24.4. The van der Waals surface area contributed by atoms with Crippen molar-refractivity contribution < 1.29 is 14.0 Å². The van der Waals surface area contributed by atoms with Crippen LogP contribution in [-0.2, 0) is 11.3 Å². The number of carbonyl (C=O) groups is 2. The lowest BCUT2D eigenvalue weighted by atomic mass is 10.2. The van der Waals surface area contributed by atoms with Crippen LogP contribution in [0.4, 0.5) is 5.69 Å². The summed E-state index contributed by atoms with van der Waals surface area (Å²) >= 11 is 2.50. The average molecular weight is 388 g/mol. The van der Waals surface area contributed by atoms with Crippen LogP contribution in [0, 0.1) is 6.92 Å². The Labute approximate surface area is 158 Å². The van der Waals surface area contributed by atoms with E-state index in [1.165, 1.54) is 11.3 Å². The Balaban J connectivity index is 1.43. The number of hydrogen-bond donors (Lipinski definition) is 2. The van der Waals surface area contributed by atoms with Gasteiger partial charge < -0.3 is 15.1 Å². The van der Waals surface area contributed by atoms with Gasteiger partial charge in [-0.2, -0.15) is 0 Å². The van der Waals surface area contributed by atoms with Gasteiger partial charge in [-0.3, -0.25) is 9.59 Å². The van der Waals surface area contributed by atoms with Crippen molar-refractivity contribution in [3.05, 3.63) is 58.1 Å². The molecule has 0 spiro atoms. The van der Waals surface area contributed by atoms with E-state index in [1.807, 2.05) is 42.6 Å². The van der Waals surface area contributed by atoms with Crippen molar-refractivity contribution in [1.82, 2.24) is 15.5 Å². The zero-order valence-corrected chi connectivity index (χ0v) is 15.5. The molecular formula is C17H16N4O3S2. The number of thiophene rings is 1. The van der Waals surface area contributed by atoms with Gasteiger partial charge in [-0.1, -0.05) is 35.5 Å². The van der Waals surface area contributed by atoms with E-state index in [4.69, 9.17) is 4.42 Å². The van der Waals surface area contributed by atoms with Gasteiger partial charge >= 0.3 is 0 Å². The van der Waals surface area contributed by atoms with Crippen LogP contribution >= 0.6 is 23.1 Å². The molecule has 0 radical (unpaired) electrons. The fraction of sp³-hybridized carbons (Fsp3) is 0.176. The number of rotatable bonds is 7. The van der Waals surface area contributed by atoms with Gasteiger partial charge in [0.2, 0.25) is 11.8 Å². The van der Waals surface area contributed by atoms with Gasteiger partial charge in [0.05, 0.1) is 17.2 Å². The molecule has 2 N–H and O–H groups in total. The van der Waals surface area contributed by atoms with Gasteiger partial charge in [0.1, 0.15) is 0 Å². The summed E-state index contributed by atoms with van der Waals surface area (Å²) in [6, 6.07) is 11.1. The highest BCUT2D eigenvalue weighted by Crippen LogP contribution is 2.17. The third-order valence-electron chi connectivity index (χ3n) is 3.26. The summed E-state index contributed by atoms with van der Waals surface area (Å²) < 4.78 is 5.42. The maximum atomic E-state index is 11.9. The van der Waals surface area contributed by atoms with Crippen LogP contribution in [0.5, 0.6) is 0 Å². The smallest absolute Gasteiger partial charge is 0.277 e. The minimum Gasteiger partial charge on any atom is -0.414 e. The first-order valence-corrected chi connectivity index (χ1v) is 9.60. The molecule has 2 amide bonds. The predicted octanol–water partition coefficient (Wildman–Crippen LogP) is 3.10. The molecule has 0 atom stereocenters. The summed E-state index contributed by atoms with van der Waals surface area (Å²) in [6.45, 7) is 2.12. The van der Waals surface area contributed by atoms with Gasteiger partial charge in [-0.15, -0.1) is 21.5 Å². The summed E-state index contributed by atoms with van der Waals surface area (Å²) in [5.74, 6) is 0.0858. The molecule has 0 aliphatic rings. The fourth-order valence-electron chi connectivity index (χ4n) is 1.98. The Bertz CT molecular complexity index is 876. The molecular weight excluding hydrogens is 372 g/mol. The Morgan fingerprint density at radius 2 is 2.00 bits per heavy atom. The standard InChI is InChI=1S/C17H16N4O3S2/c1-11-4-6-12(7-5-11)19-14(22)10-26-17-21-20-15(24-17)9-18-16(23)13-3-2-8-25-13/h2-8H,9-10H2,1H3,(H,18,23)(H,19,22). The first-order chi connectivity index (χ1) is 12.6. The van der Waals surface area contributed by atoms with Crippen molar-refractivity contribution in [3.8, 4) is 0 Å². The largest absolute Gasteiger partial charge is 0.414 e. The Morgan fingerprint density at radius 3 is 2.73 bits per heavy atom. The van der Waals surface area contributed by atoms with E-state index in [1.54, 1.807) is 6.07 Å². The number of benzene rings is 1. The molecule has 9 heteroatoms. The number of carbonyl (C=O) groups excluding carboxylic acids is 2. The number of thioether (sulfide) groups is 1. The van der Waals surface area contributed by atoms with Crippen molar-refractivity contribution in [2.24, 2.45) is 0 Å². The highest BCUT2D eigenvalue weighted by molar-refractivity contribution is 7.99. The minimum atomic E-state index is -0.190. The number of nitrogens with one attached hydrogen (secondary N) is 2. The fourth-order valence-corrected chi connectivity index (χ4v) is 3.20. The quantitative estimate of drug-likeness (QED) is 0.604. The van der Waals surface area contributed by atoms with E-state index >= 15 is 0 Å². The van der Waals surface area contributed by atoms with E-state index < -0.39 is 0 Å². The predicted molar refractivity (Wildman–Crippen MR) is 100 cm³/mol. The van der Waals surface area contributed by atoms with Crippen molar-refractivity contribution in [2.75, 3.05) is 11.1 Å². The third-order valence-corrected chi connectivity index (χ3v) is 4.94. The van der Waals surface area contributed by atoms with Crippen LogP contribution < -0.4 is 10.6 Å². The number of hydrogen-bond acceptors (Lipinski definition) is 7. The lowest BCUT2D eigenvalue weighted by molar-refractivity contribution is -0.113. The van der Waals surface area contributed by atoms with Crippen molar-refractivity contribution >= 4 is 40.6 Å². The Kier molecular flexibility index (Phi) is 6.03. The number of amides is 2. The van der Waals surface area contributed by atoms with Crippen LogP contribution in [-0.4, -0.2) is 27.8 Å². The summed E-state index contributed by atoms with van der Waals surface area (Å²) in [5, 5.41) is 15.3. The maximum Gasteiger partial charge on any atom is 0.277 e. The van der Waals surface area contributed by atoms with Gasteiger partial charge in [-0.05, 0) is 30.5 Å². The lowest BCUT2D eigenvalue weighted by Crippen LogP contribution is -2.21. The molecule has 0 saturated heterocycles. The zero-order valence-electron chi connectivity index (χ0n) is 13.9. The minimum absolute atomic E-state index is 0.139. The van der Waals surface area contributed by atoms with E-state index in [-0.39, 0.29) is 35.2 Å². The molecule has 0 fully saturated rings. The lowest BCUT2D eigenvalue weighted by Gasteiger charge is -2.04. The second-order valence-electron chi connectivity index (χ2n) is 5.32. The van der Waals surface area contributed by atoms with Gasteiger partial charge in [0, 0.05) is 5.69 Å². The van der Waals surface area contributed by atoms with E-state index in [0.717, 1.165) is 23.0 Å². The molecule has 7 nitrogen and oxygen atoms in total. The highest BCUT2D eigenvalue weighted by atomic mass is 32.2. The van der Waals surface area contributed by atoms with Crippen LogP contribution in [0.25, 0.3) is 0 Å². The molecule has 0 saturated carbocycles. The molecule has 0 aliphatic heterocycles. The van der Waals surface area contributed by atoms with Crippen molar-refractivity contribution in [2.45, 2.75) is 18.7 Å². The molecule has 0 unspecified atom stereocenters. The molecule has 2 aromatic heterocycles. The number of nitrogens with zero attached hydrogens (tertiary/aromatic N) is 2. The highest BCUT2D eigenvalue weighted by Gasteiger charge is 2.12. The van der Waals surface area contributed by atoms with Gasteiger partial charge in [-0.25, -0.2) is 0 Å². The molecule has 0 bridgehead atoms. The second-order valence-corrected chi connectivity index (χ2v) is 7.20. The SMILES string of the molecule is Cc1ccc(NC(=O)CSc2nnc(CNC(=O)c3cccs3)o2)cc1. The molecule has 1 aromatic carbocycles. The second kappa shape index (κ2) is 8.63. The van der Waals surface area contributed by atoms with E-state index in [9.17, 15) is 9.59 Å². The molecule has 3 aromatic rings. The first-order valence-electron chi connectivity index (χ1n) is 7.73. The molecule has 134 valence electrons. The maximum absolute atomic E-state index is 11.9. The topological polar surface area (TPSA) is 97.1 Å². The van der Waals surface area contributed by atoms with Crippen LogP contribution in [0.1, 0.15) is 21.1 Å². The van der Waals surface area contributed by atoms with Gasteiger partial charge in [0.25, 0.3) is 11.1 Å². The molecule has 26 heavy (non-hydrogen) atoms. The Morgan fingerprint density at radius 1 is 1.19 bits per heavy atom. The van der Waals surface area contributed by atoms with Gasteiger partial charge in [0.15, 0.2) is 0 Å². The number of aromatic nitrogens is 2. The normalized spacial score (nSPS) is 10.5. The molecule has 3 rings (SSSR count). The number of anilines is 1. The van der Waals surface area contributed by atoms with Crippen LogP contribution in [0.3, 0.4) is 0 Å². The summed E-state index contributed by atoms with van der Waals surface area (Å²) in [5.41, 5.74) is 1.87. The average Bonchev–Trinajstić information content (AvgIpc) is 3.32. The third kappa shape index (κ3) is 5.17.